The molecule has 1 N–H and O–H groups in total. The topological polar surface area (TPSA) is 71.8 Å². The summed E-state index contributed by atoms with van der Waals surface area (Å²) in [6.07, 6.45) is 5.46. The molecule has 0 saturated carbocycles. The smallest absolute Gasteiger partial charge is 0.303 e. The zero-order valence-electron chi connectivity index (χ0n) is 20.5. The number of fused-ring (bicyclic) bond motifs is 1. The van der Waals surface area contributed by atoms with Crippen molar-refractivity contribution in [2.45, 2.75) is 65.3 Å². The highest BCUT2D eigenvalue weighted by Gasteiger charge is 2.22. The van der Waals surface area contributed by atoms with Gasteiger partial charge in [-0.3, -0.25) is 9.59 Å². The van der Waals surface area contributed by atoms with Crippen molar-refractivity contribution in [1.82, 2.24) is 4.57 Å². The summed E-state index contributed by atoms with van der Waals surface area (Å²) in [6, 6.07) is 16.6. The summed E-state index contributed by atoms with van der Waals surface area (Å²) in [5.41, 5.74) is 4.46. The van der Waals surface area contributed by atoms with Crippen molar-refractivity contribution in [3.05, 3.63) is 59.8 Å². The number of anilines is 1. The Morgan fingerprint density at radius 2 is 1.74 bits per heavy atom. The average Bonchev–Trinajstić information content (AvgIpc) is 3.09. The first-order valence-corrected chi connectivity index (χ1v) is 12.1. The first-order chi connectivity index (χ1) is 16.4. The monoisotopic (exact) mass is 464 g/mol. The van der Waals surface area contributed by atoms with Crippen molar-refractivity contribution in [2.75, 3.05) is 18.6 Å². The predicted octanol–water partition coefficient (Wildman–Crippen LogP) is 5.98. The minimum atomic E-state index is -0.755. The Balaban J connectivity index is 1.82. The van der Waals surface area contributed by atoms with E-state index in [1.807, 2.05) is 23.1 Å². The summed E-state index contributed by atoms with van der Waals surface area (Å²) in [5.74, 6) is 0.0298. The van der Waals surface area contributed by atoms with Crippen molar-refractivity contribution in [3.8, 4) is 5.75 Å². The van der Waals surface area contributed by atoms with E-state index in [1.54, 1.807) is 14.0 Å². The van der Waals surface area contributed by atoms with E-state index in [4.69, 9.17) is 9.84 Å². The van der Waals surface area contributed by atoms with Gasteiger partial charge in [-0.15, -0.1) is 0 Å². The van der Waals surface area contributed by atoms with E-state index in [2.05, 4.69) is 41.8 Å². The summed E-state index contributed by atoms with van der Waals surface area (Å²) in [4.78, 5) is 25.3. The standard InChI is InChI=1S/C28H36N2O4/c1-21-28(30(22(2)31)18-10-5-4-9-15-27(32)33)25-20-24(34-3)16-17-26(25)29(21)19-11-14-23-12-7-6-8-13-23/h6-8,12-13,16-17,20H,4-5,9-11,14-15,18-19H2,1-3H3,(H,32,33). The van der Waals surface area contributed by atoms with Crippen LogP contribution in [0.2, 0.25) is 0 Å². The van der Waals surface area contributed by atoms with Crippen LogP contribution in [0.5, 0.6) is 5.75 Å². The molecular formula is C28H36N2O4. The Morgan fingerprint density at radius 3 is 2.41 bits per heavy atom. The fourth-order valence-electron chi connectivity index (χ4n) is 4.61. The van der Waals surface area contributed by atoms with Crippen molar-refractivity contribution < 1.29 is 19.4 Å². The highest BCUT2D eigenvalue weighted by molar-refractivity contribution is 6.04. The van der Waals surface area contributed by atoms with E-state index in [1.165, 1.54) is 5.56 Å². The second-order valence-electron chi connectivity index (χ2n) is 8.79. The van der Waals surface area contributed by atoms with Crippen molar-refractivity contribution in [2.24, 2.45) is 0 Å². The molecule has 3 rings (SSSR count). The number of ether oxygens (including phenoxy) is 1. The number of benzene rings is 2. The number of hydrogen-bond donors (Lipinski definition) is 1. The van der Waals surface area contributed by atoms with Gasteiger partial charge < -0.3 is 19.3 Å². The fraction of sp³-hybridized carbons (Fsp3) is 0.429. The quantitative estimate of drug-likeness (QED) is 0.316. The first-order valence-electron chi connectivity index (χ1n) is 12.1. The lowest BCUT2D eigenvalue weighted by molar-refractivity contribution is -0.137. The zero-order valence-corrected chi connectivity index (χ0v) is 20.5. The van der Waals surface area contributed by atoms with Gasteiger partial charge in [-0.1, -0.05) is 43.2 Å². The highest BCUT2D eigenvalue weighted by atomic mass is 16.5. The molecule has 0 aliphatic carbocycles. The fourth-order valence-corrected chi connectivity index (χ4v) is 4.61. The minimum Gasteiger partial charge on any atom is -0.497 e. The maximum Gasteiger partial charge on any atom is 0.303 e. The number of aryl methyl sites for hydroxylation is 2. The molecule has 6 heteroatoms. The zero-order chi connectivity index (χ0) is 24.5. The van der Waals surface area contributed by atoms with Gasteiger partial charge >= 0.3 is 5.97 Å². The Kier molecular flexibility index (Phi) is 9.14. The van der Waals surface area contributed by atoms with E-state index in [0.29, 0.717) is 13.0 Å². The van der Waals surface area contributed by atoms with Crippen LogP contribution in [0.1, 0.15) is 56.7 Å². The Morgan fingerprint density at radius 1 is 1.00 bits per heavy atom. The highest BCUT2D eigenvalue weighted by Crippen LogP contribution is 2.36. The second-order valence-corrected chi connectivity index (χ2v) is 8.79. The molecule has 1 amide bonds. The van der Waals surface area contributed by atoms with Crippen LogP contribution in [-0.4, -0.2) is 35.2 Å². The third-order valence-electron chi connectivity index (χ3n) is 6.36. The van der Waals surface area contributed by atoms with Gasteiger partial charge in [0.25, 0.3) is 0 Å². The summed E-state index contributed by atoms with van der Waals surface area (Å²) >= 11 is 0. The largest absolute Gasteiger partial charge is 0.497 e. The lowest BCUT2D eigenvalue weighted by Gasteiger charge is -2.22. The third-order valence-corrected chi connectivity index (χ3v) is 6.36. The van der Waals surface area contributed by atoms with Gasteiger partial charge in [0.15, 0.2) is 0 Å². The number of rotatable bonds is 13. The second kappa shape index (κ2) is 12.3. The number of carboxylic acid groups (broad SMARTS) is 1. The van der Waals surface area contributed by atoms with E-state index in [0.717, 1.165) is 66.7 Å². The van der Waals surface area contributed by atoms with Gasteiger partial charge in [0.05, 0.1) is 18.3 Å². The molecule has 0 aliphatic heterocycles. The average molecular weight is 465 g/mol. The van der Waals surface area contributed by atoms with Crippen LogP contribution in [0.25, 0.3) is 10.9 Å². The molecule has 0 fully saturated rings. The molecule has 0 bridgehead atoms. The molecule has 34 heavy (non-hydrogen) atoms. The van der Waals surface area contributed by atoms with Crippen LogP contribution in [0.15, 0.2) is 48.5 Å². The van der Waals surface area contributed by atoms with Gasteiger partial charge in [0.2, 0.25) is 5.91 Å². The number of carbonyl (C=O) groups is 2. The number of aliphatic carboxylic acids is 1. The molecule has 6 nitrogen and oxygen atoms in total. The summed E-state index contributed by atoms with van der Waals surface area (Å²) < 4.78 is 7.81. The molecule has 0 radical (unpaired) electrons. The van der Waals surface area contributed by atoms with E-state index in [9.17, 15) is 9.59 Å². The van der Waals surface area contributed by atoms with E-state index >= 15 is 0 Å². The van der Waals surface area contributed by atoms with Crippen molar-refractivity contribution in [3.63, 3.8) is 0 Å². The van der Waals surface area contributed by atoms with Gasteiger partial charge in [-0.05, 0) is 56.4 Å². The number of carbonyl (C=O) groups excluding carboxylic acids is 1. The van der Waals surface area contributed by atoms with Crippen LogP contribution < -0.4 is 9.64 Å². The number of amides is 1. The molecule has 182 valence electrons. The normalized spacial score (nSPS) is 11.0. The number of nitrogens with zero attached hydrogens (tertiary/aromatic N) is 2. The van der Waals surface area contributed by atoms with Crippen LogP contribution in [0.3, 0.4) is 0 Å². The Labute approximate surface area is 202 Å². The molecule has 1 heterocycles. The summed E-state index contributed by atoms with van der Waals surface area (Å²) in [6.45, 7) is 5.18. The molecule has 1 aromatic heterocycles. The number of carboxylic acids is 1. The Bertz CT molecular complexity index is 1100. The molecule has 0 saturated heterocycles. The number of hydrogen-bond acceptors (Lipinski definition) is 3. The minimum absolute atomic E-state index is 0.0137. The molecule has 0 atom stereocenters. The van der Waals surface area contributed by atoms with Gasteiger partial charge in [-0.2, -0.15) is 0 Å². The van der Waals surface area contributed by atoms with Crippen LogP contribution in [0.4, 0.5) is 5.69 Å². The van der Waals surface area contributed by atoms with Crippen molar-refractivity contribution >= 4 is 28.5 Å². The number of unbranched alkanes of at least 4 members (excludes halogenated alkanes) is 3. The van der Waals surface area contributed by atoms with Crippen LogP contribution in [0, 0.1) is 6.92 Å². The van der Waals surface area contributed by atoms with E-state index < -0.39 is 5.97 Å². The molecule has 0 unspecified atom stereocenters. The maximum atomic E-state index is 12.7. The Hall–Kier alpha value is -3.28. The van der Waals surface area contributed by atoms with Gasteiger partial charge in [-0.25, -0.2) is 0 Å². The molecule has 2 aromatic carbocycles. The molecule has 0 aliphatic rings. The molecule has 0 spiro atoms. The number of aromatic nitrogens is 1. The maximum absolute atomic E-state index is 12.7. The van der Waals surface area contributed by atoms with Crippen LogP contribution in [-0.2, 0) is 22.6 Å². The molecule has 3 aromatic rings. The van der Waals surface area contributed by atoms with Crippen molar-refractivity contribution in [1.29, 1.82) is 0 Å². The lowest BCUT2D eigenvalue weighted by Crippen LogP contribution is -2.30. The van der Waals surface area contributed by atoms with E-state index in [-0.39, 0.29) is 12.3 Å². The molecular weight excluding hydrogens is 428 g/mol. The predicted molar refractivity (Wildman–Crippen MR) is 137 cm³/mol. The summed E-state index contributed by atoms with van der Waals surface area (Å²) in [7, 11) is 1.66. The lowest BCUT2D eigenvalue weighted by atomic mass is 10.1. The SMILES string of the molecule is COc1ccc2c(c1)c(N(CCCCCCC(=O)O)C(C)=O)c(C)n2CCCc1ccccc1. The number of methoxy groups -OCH3 is 1. The first kappa shape index (κ1) is 25.3. The van der Waals surface area contributed by atoms with Gasteiger partial charge in [0, 0.05) is 37.5 Å². The summed E-state index contributed by atoms with van der Waals surface area (Å²) in [5, 5.41) is 9.84. The van der Waals surface area contributed by atoms with Crippen LogP contribution >= 0.6 is 0 Å². The van der Waals surface area contributed by atoms with Gasteiger partial charge in [0.1, 0.15) is 5.75 Å². The third kappa shape index (κ3) is 6.40.